The van der Waals surface area contributed by atoms with Crippen LogP contribution >= 0.6 is 0 Å². The van der Waals surface area contributed by atoms with E-state index in [9.17, 15) is 0 Å². The van der Waals surface area contributed by atoms with Gasteiger partial charge in [-0.05, 0) is 54.1 Å². The van der Waals surface area contributed by atoms with Gasteiger partial charge < -0.3 is 0 Å². The highest BCUT2D eigenvalue weighted by molar-refractivity contribution is 5.24. The standard InChI is InChI=1S/C23H32/c1-18(2)15-22(20-11-7-5-8-12-20)17-23(16-19(3)4)21-13-9-6-10-14-21/h5-14,18-19,22-23H,15-17H2,1-4H3. The average Bonchev–Trinajstić information content (AvgIpc) is 2.54. The van der Waals surface area contributed by atoms with Crippen LogP contribution in [-0.2, 0) is 0 Å². The normalized spacial score (nSPS) is 14.2. The minimum absolute atomic E-state index is 0.653. The Hall–Kier alpha value is -1.56. The summed E-state index contributed by atoms with van der Waals surface area (Å²) < 4.78 is 0. The molecule has 0 spiro atoms. The van der Waals surface area contributed by atoms with Gasteiger partial charge in [-0.3, -0.25) is 0 Å². The van der Waals surface area contributed by atoms with Crippen molar-refractivity contribution in [2.75, 3.05) is 0 Å². The van der Waals surface area contributed by atoms with E-state index in [0.29, 0.717) is 11.8 Å². The third kappa shape index (κ3) is 5.86. The molecule has 0 aliphatic carbocycles. The second-order valence-electron chi connectivity index (χ2n) is 7.71. The van der Waals surface area contributed by atoms with E-state index in [1.807, 2.05) is 0 Å². The summed E-state index contributed by atoms with van der Waals surface area (Å²) in [5, 5.41) is 0. The lowest BCUT2D eigenvalue weighted by Gasteiger charge is -2.27. The molecule has 0 radical (unpaired) electrons. The summed E-state index contributed by atoms with van der Waals surface area (Å²) in [5.74, 6) is 2.77. The van der Waals surface area contributed by atoms with Crippen LogP contribution in [-0.4, -0.2) is 0 Å². The molecule has 2 unspecified atom stereocenters. The van der Waals surface area contributed by atoms with E-state index in [2.05, 4.69) is 88.4 Å². The minimum atomic E-state index is 0.653. The average molecular weight is 309 g/mol. The van der Waals surface area contributed by atoms with Crippen molar-refractivity contribution in [3.8, 4) is 0 Å². The summed E-state index contributed by atoms with van der Waals surface area (Å²) in [6.45, 7) is 9.37. The van der Waals surface area contributed by atoms with E-state index in [4.69, 9.17) is 0 Å². The third-order valence-electron chi connectivity index (χ3n) is 4.62. The largest absolute Gasteiger partial charge is 0.0628 e. The molecule has 0 N–H and O–H groups in total. The first-order valence-corrected chi connectivity index (χ1v) is 9.16. The van der Waals surface area contributed by atoms with Gasteiger partial charge >= 0.3 is 0 Å². The fourth-order valence-corrected chi connectivity index (χ4v) is 3.67. The highest BCUT2D eigenvalue weighted by Crippen LogP contribution is 2.37. The van der Waals surface area contributed by atoms with Crippen LogP contribution in [0.3, 0.4) is 0 Å². The Balaban J connectivity index is 2.22. The Morgan fingerprint density at radius 3 is 1.17 bits per heavy atom. The molecule has 0 bridgehead atoms. The predicted octanol–water partition coefficient (Wildman–Crippen LogP) is 7.04. The first-order chi connectivity index (χ1) is 11.1. The molecule has 0 heteroatoms. The van der Waals surface area contributed by atoms with Crippen LogP contribution in [0.5, 0.6) is 0 Å². The number of rotatable bonds is 8. The monoisotopic (exact) mass is 308 g/mol. The topological polar surface area (TPSA) is 0 Å². The zero-order valence-electron chi connectivity index (χ0n) is 15.2. The van der Waals surface area contributed by atoms with Gasteiger partial charge in [-0.15, -0.1) is 0 Å². The van der Waals surface area contributed by atoms with Gasteiger partial charge in [0.2, 0.25) is 0 Å². The Bertz CT molecular complexity index is 487. The second kappa shape index (κ2) is 8.91. The third-order valence-corrected chi connectivity index (χ3v) is 4.62. The van der Waals surface area contributed by atoms with Gasteiger partial charge in [0, 0.05) is 0 Å². The lowest BCUT2D eigenvalue weighted by Crippen LogP contribution is -2.11. The Morgan fingerprint density at radius 1 is 0.522 bits per heavy atom. The van der Waals surface area contributed by atoms with Crippen molar-refractivity contribution in [2.45, 2.75) is 58.8 Å². The van der Waals surface area contributed by atoms with Crippen LogP contribution in [0.1, 0.15) is 69.9 Å². The van der Waals surface area contributed by atoms with E-state index >= 15 is 0 Å². The molecule has 0 aliphatic rings. The van der Waals surface area contributed by atoms with Crippen LogP contribution in [0.4, 0.5) is 0 Å². The fourth-order valence-electron chi connectivity index (χ4n) is 3.67. The molecule has 2 aromatic carbocycles. The Labute approximate surface area is 143 Å². The van der Waals surface area contributed by atoms with E-state index < -0.39 is 0 Å². The van der Waals surface area contributed by atoms with Crippen molar-refractivity contribution in [1.29, 1.82) is 0 Å². The molecule has 0 heterocycles. The van der Waals surface area contributed by atoms with Crippen LogP contribution < -0.4 is 0 Å². The lowest BCUT2D eigenvalue weighted by atomic mass is 9.78. The van der Waals surface area contributed by atoms with Crippen molar-refractivity contribution in [3.05, 3.63) is 71.8 Å². The van der Waals surface area contributed by atoms with Gasteiger partial charge in [0.1, 0.15) is 0 Å². The van der Waals surface area contributed by atoms with Crippen LogP contribution in [0.25, 0.3) is 0 Å². The van der Waals surface area contributed by atoms with E-state index in [1.54, 1.807) is 0 Å². The predicted molar refractivity (Wildman–Crippen MR) is 102 cm³/mol. The van der Waals surface area contributed by atoms with E-state index in [1.165, 1.54) is 30.4 Å². The first kappa shape index (κ1) is 17.8. The summed E-state index contributed by atoms with van der Waals surface area (Å²) in [5.41, 5.74) is 3.01. The molecule has 124 valence electrons. The Kier molecular flexibility index (Phi) is 6.89. The fraction of sp³-hybridized carbons (Fsp3) is 0.478. The van der Waals surface area contributed by atoms with Crippen LogP contribution in [0.15, 0.2) is 60.7 Å². The summed E-state index contributed by atoms with van der Waals surface area (Å²) in [4.78, 5) is 0. The molecule has 0 fully saturated rings. The van der Waals surface area contributed by atoms with Gasteiger partial charge in [0.05, 0.1) is 0 Å². The van der Waals surface area contributed by atoms with Crippen LogP contribution in [0, 0.1) is 11.8 Å². The molecule has 0 saturated heterocycles. The lowest BCUT2D eigenvalue weighted by molar-refractivity contribution is 0.401. The highest BCUT2D eigenvalue weighted by atomic mass is 14.3. The number of benzene rings is 2. The molecule has 2 atom stereocenters. The second-order valence-corrected chi connectivity index (χ2v) is 7.71. The van der Waals surface area contributed by atoms with E-state index in [-0.39, 0.29) is 0 Å². The Morgan fingerprint density at radius 2 is 0.870 bits per heavy atom. The zero-order valence-corrected chi connectivity index (χ0v) is 15.2. The molecular weight excluding hydrogens is 276 g/mol. The SMILES string of the molecule is CC(C)CC(CC(CC(C)C)c1ccccc1)c1ccccc1. The maximum absolute atomic E-state index is 2.34. The van der Waals surface area contributed by atoms with Gasteiger partial charge in [-0.2, -0.15) is 0 Å². The molecule has 0 saturated carbocycles. The van der Waals surface area contributed by atoms with Crippen molar-refractivity contribution in [2.24, 2.45) is 11.8 Å². The van der Waals surface area contributed by atoms with Crippen molar-refractivity contribution >= 4 is 0 Å². The molecule has 0 amide bonds. The zero-order chi connectivity index (χ0) is 16.7. The van der Waals surface area contributed by atoms with Gasteiger partial charge in [-0.25, -0.2) is 0 Å². The van der Waals surface area contributed by atoms with Crippen molar-refractivity contribution in [3.63, 3.8) is 0 Å². The molecule has 23 heavy (non-hydrogen) atoms. The first-order valence-electron chi connectivity index (χ1n) is 9.16. The smallest absolute Gasteiger partial charge is 0.0154 e. The quantitative estimate of drug-likeness (QED) is 0.490. The summed E-state index contributed by atoms with van der Waals surface area (Å²) >= 11 is 0. The molecule has 2 rings (SSSR count). The number of hydrogen-bond acceptors (Lipinski definition) is 0. The van der Waals surface area contributed by atoms with E-state index in [0.717, 1.165) is 11.8 Å². The molecular formula is C23H32. The molecule has 2 aromatic rings. The van der Waals surface area contributed by atoms with Crippen molar-refractivity contribution < 1.29 is 0 Å². The maximum atomic E-state index is 2.34. The van der Waals surface area contributed by atoms with Gasteiger partial charge in [-0.1, -0.05) is 88.4 Å². The maximum Gasteiger partial charge on any atom is -0.0154 e. The highest BCUT2D eigenvalue weighted by Gasteiger charge is 2.21. The minimum Gasteiger partial charge on any atom is -0.0628 e. The summed E-state index contributed by atoms with van der Waals surface area (Å²) in [7, 11) is 0. The summed E-state index contributed by atoms with van der Waals surface area (Å²) in [6.07, 6.45) is 3.79. The van der Waals surface area contributed by atoms with Crippen LogP contribution in [0.2, 0.25) is 0 Å². The van der Waals surface area contributed by atoms with Gasteiger partial charge in [0.25, 0.3) is 0 Å². The van der Waals surface area contributed by atoms with Crippen molar-refractivity contribution in [1.82, 2.24) is 0 Å². The molecule has 0 nitrogen and oxygen atoms in total. The summed E-state index contributed by atoms with van der Waals surface area (Å²) in [6, 6.07) is 22.2. The molecule has 0 aliphatic heterocycles. The number of hydrogen-bond donors (Lipinski definition) is 0. The van der Waals surface area contributed by atoms with Gasteiger partial charge in [0.15, 0.2) is 0 Å². The molecule has 0 aromatic heterocycles.